The van der Waals surface area contributed by atoms with Gasteiger partial charge in [-0.05, 0) is 60.3 Å². The first-order chi connectivity index (χ1) is 9.63. The Kier molecular flexibility index (Phi) is 4.75. The molecule has 3 rings (SSSR count). The van der Waals surface area contributed by atoms with Crippen molar-refractivity contribution in [2.24, 2.45) is 0 Å². The lowest BCUT2D eigenvalue weighted by Gasteiger charge is -2.27. The quantitative estimate of drug-likeness (QED) is 0.628. The fourth-order valence-corrected chi connectivity index (χ4v) is 2.72. The lowest BCUT2D eigenvalue weighted by molar-refractivity contribution is 0.398. The Balaban J connectivity index is 0.00000161. The summed E-state index contributed by atoms with van der Waals surface area (Å²) in [7, 11) is 0. The summed E-state index contributed by atoms with van der Waals surface area (Å²) in [6.45, 7) is 0.847. The zero-order chi connectivity index (χ0) is 14.1. The molecule has 0 spiro atoms. The number of benzene rings is 2. The maximum Gasteiger partial charge on any atom is 0.157 e. The van der Waals surface area contributed by atoms with Crippen LogP contribution >= 0.6 is 17.0 Å². The van der Waals surface area contributed by atoms with E-state index >= 15 is 0 Å². The second-order valence-electron chi connectivity index (χ2n) is 5.17. The average molecular weight is 352 g/mol. The molecule has 5 heteroatoms. The molecule has 0 saturated carbocycles. The zero-order valence-electron chi connectivity index (χ0n) is 11.4. The van der Waals surface area contributed by atoms with Gasteiger partial charge in [0.15, 0.2) is 11.5 Å². The first kappa shape index (κ1) is 15.7. The Labute approximate surface area is 133 Å². The van der Waals surface area contributed by atoms with Crippen LogP contribution in [0.4, 0.5) is 0 Å². The number of aromatic hydroxyl groups is 3. The molecule has 0 fully saturated rings. The van der Waals surface area contributed by atoms with E-state index in [4.69, 9.17) is 0 Å². The van der Waals surface area contributed by atoms with Crippen molar-refractivity contribution in [1.82, 2.24) is 5.32 Å². The zero-order valence-corrected chi connectivity index (χ0v) is 13.1. The monoisotopic (exact) mass is 351 g/mol. The fourth-order valence-electron chi connectivity index (χ4n) is 2.72. The van der Waals surface area contributed by atoms with Crippen molar-refractivity contribution >= 4 is 17.0 Å². The van der Waals surface area contributed by atoms with Gasteiger partial charge in [-0.25, -0.2) is 0 Å². The maximum absolute atomic E-state index is 9.68. The van der Waals surface area contributed by atoms with Crippen LogP contribution in [-0.2, 0) is 12.8 Å². The molecule has 0 amide bonds. The van der Waals surface area contributed by atoms with Crippen LogP contribution in [0.2, 0.25) is 0 Å². The van der Waals surface area contributed by atoms with Crippen LogP contribution in [0, 0.1) is 0 Å². The third-order valence-electron chi connectivity index (χ3n) is 3.77. The molecular formula is C16H18BrNO3. The first-order valence-corrected chi connectivity index (χ1v) is 6.69. The van der Waals surface area contributed by atoms with Crippen molar-refractivity contribution in [3.8, 4) is 17.2 Å². The summed E-state index contributed by atoms with van der Waals surface area (Å²) < 4.78 is 0. The van der Waals surface area contributed by atoms with E-state index in [1.165, 1.54) is 0 Å². The molecule has 0 aromatic heterocycles. The van der Waals surface area contributed by atoms with E-state index in [9.17, 15) is 15.3 Å². The van der Waals surface area contributed by atoms with Crippen molar-refractivity contribution in [2.45, 2.75) is 18.9 Å². The van der Waals surface area contributed by atoms with Gasteiger partial charge in [0, 0.05) is 6.04 Å². The van der Waals surface area contributed by atoms with E-state index in [1.54, 1.807) is 24.3 Å². The molecule has 0 radical (unpaired) electrons. The van der Waals surface area contributed by atoms with Gasteiger partial charge < -0.3 is 20.6 Å². The molecule has 2 aromatic carbocycles. The summed E-state index contributed by atoms with van der Waals surface area (Å²) in [5, 5.41) is 32.0. The number of phenols is 3. The van der Waals surface area contributed by atoms with E-state index < -0.39 is 0 Å². The summed E-state index contributed by atoms with van der Waals surface area (Å²) in [5.41, 5.74) is 3.21. The molecule has 1 aliphatic rings. The molecule has 1 atom stereocenters. The minimum absolute atomic E-state index is 0. The van der Waals surface area contributed by atoms with Crippen LogP contribution in [0.5, 0.6) is 17.2 Å². The van der Waals surface area contributed by atoms with Gasteiger partial charge in [0.25, 0.3) is 0 Å². The number of hydrogen-bond acceptors (Lipinski definition) is 4. The average Bonchev–Trinajstić information content (AvgIpc) is 2.43. The molecular weight excluding hydrogens is 334 g/mol. The lowest BCUT2D eigenvalue weighted by Crippen LogP contribution is -2.31. The van der Waals surface area contributed by atoms with Crippen molar-refractivity contribution in [3.05, 3.63) is 53.1 Å². The van der Waals surface area contributed by atoms with Crippen molar-refractivity contribution in [2.75, 3.05) is 6.54 Å². The number of hydrogen-bond donors (Lipinski definition) is 4. The van der Waals surface area contributed by atoms with Crippen LogP contribution in [0.25, 0.3) is 0 Å². The van der Waals surface area contributed by atoms with Gasteiger partial charge in [-0.3, -0.25) is 0 Å². The van der Waals surface area contributed by atoms with Gasteiger partial charge in [-0.2, -0.15) is 0 Å². The second kappa shape index (κ2) is 6.37. The molecule has 4 N–H and O–H groups in total. The van der Waals surface area contributed by atoms with Crippen molar-refractivity contribution in [1.29, 1.82) is 0 Å². The molecule has 2 aromatic rings. The highest BCUT2D eigenvalue weighted by molar-refractivity contribution is 8.93. The number of rotatable bonds is 2. The molecule has 0 bridgehead atoms. The van der Waals surface area contributed by atoms with E-state index in [2.05, 4.69) is 5.32 Å². The van der Waals surface area contributed by atoms with Gasteiger partial charge in [-0.15, -0.1) is 17.0 Å². The highest BCUT2D eigenvalue weighted by Crippen LogP contribution is 2.34. The van der Waals surface area contributed by atoms with Crippen LogP contribution < -0.4 is 5.32 Å². The van der Waals surface area contributed by atoms with E-state index in [0.717, 1.165) is 36.1 Å². The topological polar surface area (TPSA) is 72.7 Å². The van der Waals surface area contributed by atoms with Gasteiger partial charge in [0.05, 0.1) is 0 Å². The Morgan fingerprint density at radius 2 is 1.67 bits per heavy atom. The highest BCUT2D eigenvalue weighted by atomic mass is 79.9. The van der Waals surface area contributed by atoms with E-state index in [-0.39, 0.29) is 40.3 Å². The summed E-state index contributed by atoms with van der Waals surface area (Å²) in [6.07, 6.45) is 1.62. The number of halogens is 1. The van der Waals surface area contributed by atoms with Crippen LogP contribution in [0.15, 0.2) is 36.4 Å². The van der Waals surface area contributed by atoms with Gasteiger partial charge >= 0.3 is 0 Å². The van der Waals surface area contributed by atoms with Crippen LogP contribution in [-0.4, -0.2) is 21.9 Å². The number of nitrogens with one attached hydrogen (secondary N) is 1. The van der Waals surface area contributed by atoms with Gasteiger partial charge in [-0.1, -0.05) is 12.1 Å². The Bertz CT molecular complexity index is 628. The van der Waals surface area contributed by atoms with Crippen molar-refractivity contribution < 1.29 is 15.3 Å². The summed E-state index contributed by atoms with van der Waals surface area (Å²) in [4.78, 5) is 0. The summed E-state index contributed by atoms with van der Waals surface area (Å²) in [5.74, 6) is 0.116. The number of phenolic OH excluding ortho intramolecular Hbond substituents is 3. The maximum atomic E-state index is 9.68. The summed E-state index contributed by atoms with van der Waals surface area (Å²) >= 11 is 0. The first-order valence-electron chi connectivity index (χ1n) is 6.69. The molecule has 4 nitrogen and oxygen atoms in total. The second-order valence-corrected chi connectivity index (χ2v) is 5.17. The van der Waals surface area contributed by atoms with Gasteiger partial charge in [0.1, 0.15) is 5.75 Å². The largest absolute Gasteiger partial charge is 0.508 e. The van der Waals surface area contributed by atoms with Crippen LogP contribution in [0.3, 0.4) is 0 Å². The molecule has 21 heavy (non-hydrogen) atoms. The minimum Gasteiger partial charge on any atom is -0.508 e. The molecule has 0 saturated heterocycles. The summed E-state index contributed by atoms with van der Waals surface area (Å²) in [6, 6.07) is 10.5. The molecule has 1 aliphatic heterocycles. The Morgan fingerprint density at radius 1 is 1.00 bits per heavy atom. The molecule has 1 heterocycles. The minimum atomic E-state index is -0.0804. The van der Waals surface area contributed by atoms with Crippen molar-refractivity contribution in [3.63, 3.8) is 0 Å². The third kappa shape index (κ3) is 3.31. The van der Waals surface area contributed by atoms with E-state index in [1.807, 2.05) is 12.1 Å². The Morgan fingerprint density at radius 3 is 2.38 bits per heavy atom. The molecule has 112 valence electrons. The van der Waals surface area contributed by atoms with Gasteiger partial charge in [0.2, 0.25) is 0 Å². The van der Waals surface area contributed by atoms with Crippen LogP contribution in [0.1, 0.15) is 22.7 Å². The normalized spacial score (nSPS) is 16.9. The third-order valence-corrected chi connectivity index (χ3v) is 3.77. The predicted molar refractivity (Wildman–Crippen MR) is 86.4 cm³/mol. The molecule has 0 aliphatic carbocycles. The smallest absolute Gasteiger partial charge is 0.157 e. The lowest BCUT2D eigenvalue weighted by atomic mass is 9.90. The highest BCUT2D eigenvalue weighted by Gasteiger charge is 2.21. The number of fused-ring (bicyclic) bond motifs is 1. The van der Waals surface area contributed by atoms with E-state index in [0.29, 0.717) is 0 Å². The molecule has 1 unspecified atom stereocenters. The predicted octanol–water partition coefficient (Wildman–Crippen LogP) is 2.81. The standard InChI is InChI=1S/C16H17NO3.BrH/c18-12-3-1-10(2-4-12)7-14-13-9-16(20)15(19)8-11(13)5-6-17-14;/h1-4,8-9,14,17-20H,5-7H2;1H. The Hall–Kier alpha value is -1.72. The SMILES string of the molecule is Br.Oc1ccc(CC2NCCc3cc(O)c(O)cc32)cc1. The fraction of sp³-hybridized carbons (Fsp3) is 0.250.